The molecule has 0 fully saturated rings. The van der Waals surface area contributed by atoms with Crippen molar-refractivity contribution < 1.29 is 0 Å². The summed E-state index contributed by atoms with van der Waals surface area (Å²) in [6, 6.07) is 14.1. The van der Waals surface area contributed by atoms with Crippen LogP contribution in [0.2, 0.25) is 0 Å². The van der Waals surface area contributed by atoms with Gasteiger partial charge in [0.1, 0.15) is 0 Å². The van der Waals surface area contributed by atoms with Crippen LogP contribution < -0.4 is 0 Å². The van der Waals surface area contributed by atoms with Gasteiger partial charge in [0, 0.05) is 18.0 Å². The maximum Gasteiger partial charge on any atom is 0.150 e. The number of benzene rings is 1. The summed E-state index contributed by atoms with van der Waals surface area (Å²) in [7, 11) is 0. The molecule has 0 atom stereocenters. The molecule has 0 unspecified atom stereocenters. The Kier molecular flexibility index (Phi) is 3.44. The van der Waals surface area contributed by atoms with Crippen molar-refractivity contribution in [2.45, 2.75) is 6.54 Å². The summed E-state index contributed by atoms with van der Waals surface area (Å²) in [6.07, 6.45) is 3.79. The lowest BCUT2D eigenvalue weighted by Gasteiger charge is -2.00. The van der Waals surface area contributed by atoms with E-state index in [1.807, 2.05) is 48.8 Å². The van der Waals surface area contributed by atoms with Crippen molar-refractivity contribution in [1.82, 2.24) is 9.55 Å². The third-order valence-electron chi connectivity index (χ3n) is 2.71. The van der Waals surface area contributed by atoms with Gasteiger partial charge in [0.25, 0.3) is 0 Å². The first kappa shape index (κ1) is 11.8. The molecule has 0 aliphatic heterocycles. The van der Waals surface area contributed by atoms with Gasteiger partial charge in [-0.25, -0.2) is 4.98 Å². The Morgan fingerprint density at radius 1 is 1.11 bits per heavy atom. The van der Waals surface area contributed by atoms with Crippen LogP contribution in [0.3, 0.4) is 0 Å². The van der Waals surface area contributed by atoms with Gasteiger partial charge >= 0.3 is 0 Å². The maximum absolute atomic E-state index is 4.39. The quantitative estimate of drug-likeness (QED) is 0.646. The van der Waals surface area contributed by atoms with E-state index < -0.39 is 0 Å². The van der Waals surface area contributed by atoms with E-state index in [4.69, 9.17) is 0 Å². The fourth-order valence-electron chi connectivity index (χ4n) is 1.82. The van der Waals surface area contributed by atoms with E-state index in [0.717, 1.165) is 11.4 Å². The van der Waals surface area contributed by atoms with Gasteiger partial charge in [-0.15, -0.1) is 11.3 Å². The molecular weight excluding hydrogens is 252 g/mol. The van der Waals surface area contributed by atoms with Gasteiger partial charge in [-0.05, 0) is 23.6 Å². The van der Waals surface area contributed by atoms with Gasteiger partial charge in [-0.2, -0.15) is 0 Å². The molecule has 0 amide bonds. The second-order valence-electron chi connectivity index (χ2n) is 4.02. The number of rotatable bonds is 2. The van der Waals surface area contributed by atoms with Crippen LogP contribution >= 0.6 is 11.3 Å². The number of nitrogens with zero attached hydrogens (tertiary/aromatic N) is 2. The monoisotopic (exact) mass is 264 g/mol. The Labute approximate surface area is 116 Å². The summed E-state index contributed by atoms with van der Waals surface area (Å²) in [6.45, 7) is 0.655. The van der Waals surface area contributed by atoms with Crippen LogP contribution in [0.4, 0.5) is 0 Å². The zero-order chi connectivity index (χ0) is 12.9. The Bertz CT molecular complexity index is 700. The largest absolute Gasteiger partial charge is 0.319 e. The van der Waals surface area contributed by atoms with Crippen LogP contribution in [0.5, 0.6) is 0 Å². The van der Waals surface area contributed by atoms with Crippen molar-refractivity contribution in [3.63, 3.8) is 0 Å². The van der Waals surface area contributed by atoms with Gasteiger partial charge in [0.15, 0.2) is 5.82 Å². The van der Waals surface area contributed by atoms with Crippen molar-refractivity contribution in [3.8, 4) is 22.5 Å². The summed E-state index contributed by atoms with van der Waals surface area (Å²) >= 11 is 1.69. The first-order valence-electron chi connectivity index (χ1n) is 6.02. The molecule has 2 aromatic heterocycles. The van der Waals surface area contributed by atoms with Crippen LogP contribution in [-0.4, -0.2) is 9.55 Å². The maximum atomic E-state index is 4.39. The molecule has 92 valence electrons. The van der Waals surface area contributed by atoms with E-state index in [9.17, 15) is 0 Å². The summed E-state index contributed by atoms with van der Waals surface area (Å²) < 4.78 is 2.07. The van der Waals surface area contributed by atoms with Crippen molar-refractivity contribution in [2.24, 2.45) is 0 Å². The topological polar surface area (TPSA) is 17.8 Å². The Hall–Kier alpha value is -2.31. The predicted octanol–water partition coefficient (Wildman–Crippen LogP) is 3.66. The van der Waals surface area contributed by atoms with E-state index in [1.165, 1.54) is 4.88 Å². The van der Waals surface area contributed by atoms with E-state index in [-0.39, 0.29) is 0 Å². The van der Waals surface area contributed by atoms with Crippen molar-refractivity contribution in [2.75, 3.05) is 0 Å². The third-order valence-corrected chi connectivity index (χ3v) is 3.58. The Balaban J connectivity index is 1.79. The molecule has 3 aromatic rings. The van der Waals surface area contributed by atoms with Gasteiger partial charge < -0.3 is 4.57 Å². The normalized spacial score (nSPS) is 9.89. The van der Waals surface area contributed by atoms with E-state index in [1.54, 1.807) is 11.3 Å². The van der Waals surface area contributed by atoms with Crippen molar-refractivity contribution >= 4 is 11.3 Å². The van der Waals surface area contributed by atoms with E-state index >= 15 is 0 Å². The summed E-state index contributed by atoms with van der Waals surface area (Å²) in [5.74, 6) is 7.33. The van der Waals surface area contributed by atoms with E-state index in [0.29, 0.717) is 6.54 Å². The number of hydrogen-bond donors (Lipinski definition) is 0. The highest BCUT2D eigenvalue weighted by Gasteiger charge is 2.04. The molecule has 0 radical (unpaired) electrons. The molecule has 0 N–H and O–H groups in total. The number of thiophene rings is 1. The molecule has 3 rings (SSSR count). The molecular formula is C16H12N2S. The molecule has 0 saturated carbocycles. The lowest BCUT2D eigenvalue weighted by molar-refractivity contribution is 0.852. The highest BCUT2D eigenvalue weighted by atomic mass is 32.1. The molecule has 1 aromatic carbocycles. The first-order valence-corrected chi connectivity index (χ1v) is 6.90. The van der Waals surface area contributed by atoms with Gasteiger partial charge in [-0.1, -0.05) is 36.1 Å². The van der Waals surface area contributed by atoms with Crippen LogP contribution in [0.25, 0.3) is 10.7 Å². The number of hydrogen-bond acceptors (Lipinski definition) is 2. The van der Waals surface area contributed by atoms with Crippen LogP contribution in [0.1, 0.15) is 5.56 Å². The third kappa shape index (κ3) is 2.75. The minimum Gasteiger partial charge on any atom is -0.319 e. The first-order chi connectivity index (χ1) is 9.43. The SMILES string of the molecule is C(#Cc1ccccc1)Cn1ccnc1-c1cccs1. The molecule has 19 heavy (non-hydrogen) atoms. The second-order valence-corrected chi connectivity index (χ2v) is 4.97. The Morgan fingerprint density at radius 3 is 2.79 bits per heavy atom. The minimum absolute atomic E-state index is 0.655. The molecule has 0 spiro atoms. The zero-order valence-corrected chi connectivity index (χ0v) is 11.1. The van der Waals surface area contributed by atoms with Crippen LogP contribution in [0, 0.1) is 11.8 Å². The molecule has 3 heteroatoms. The summed E-state index contributed by atoms with van der Waals surface area (Å²) in [5.41, 5.74) is 1.04. The lowest BCUT2D eigenvalue weighted by Crippen LogP contribution is -1.96. The standard InChI is InChI=1S/C16H12N2S/c1-2-6-14(7-3-1)8-4-11-18-12-10-17-16(18)15-9-5-13-19-15/h1-3,5-7,9-10,12-13H,11H2. The average molecular weight is 264 g/mol. The van der Waals surface area contributed by atoms with Crippen LogP contribution in [0.15, 0.2) is 60.2 Å². The summed E-state index contributed by atoms with van der Waals surface area (Å²) in [5, 5.41) is 2.06. The minimum atomic E-state index is 0.655. The smallest absolute Gasteiger partial charge is 0.150 e. The average Bonchev–Trinajstić information content (AvgIpc) is 3.10. The number of aromatic nitrogens is 2. The van der Waals surface area contributed by atoms with Crippen molar-refractivity contribution in [3.05, 3.63) is 65.8 Å². The zero-order valence-electron chi connectivity index (χ0n) is 10.3. The fourth-order valence-corrected chi connectivity index (χ4v) is 2.55. The summed E-state index contributed by atoms with van der Waals surface area (Å²) in [4.78, 5) is 5.56. The molecule has 2 nitrogen and oxygen atoms in total. The molecule has 0 saturated heterocycles. The highest BCUT2D eigenvalue weighted by molar-refractivity contribution is 7.13. The molecule has 0 bridgehead atoms. The van der Waals surface area contributed by atoms with E-state index in [2.05, 4.69) is 32.8 Å². The molecule has 0 aliphatic rings. The number of imidazole rings is 1. The second kappa shape index (κ2) is 5.55. The van der Waals surface area contributed by atoms with Crippen LogP contribution in [-0.2, 0) is 6.54 Å². The fraction of sp³-hybridized carbons (Fsp3) is 0.0625. The van der Waals surface area contributed by atoms with Gasteiger partial charge in [-0.3, -0.25) is 0 Å². The van der Waals surface area contributed by atoms with Gasteiger partial charge in [0.2, 0.25) is 0 Å². The predicted molar refractivity (Wildman–Crippen MR) is 78.9 cm³/mol. The highest BCUT2D eigenvalue weighted by Crippen LogP contribution is 2.22. The van der Waals surface area contributed by atoms with Crippen molar-refractivity contribution in [1.29, 1.82) is 0 Å². The Morgan fingerprint density at radius 2 is 2.00 bits per heavy atom. The molecule has 2 heterocycles. The van der Waals surface area contributed by atoms with Gasteiger partial charge in [0.05, 0.1) is 11.4 Å². The molecule has 0 aliphatic carbocycles. The lowest BCUT2D eigenvalue weighted by atomic mass is 10.2.